The molecule has 4 aliphatic rings. The summed E-state index contributed by atoms with van der Waals surface area (Å²) in [5.74, 6) is 0.219. The quantitative estimate of drug-likeness (QED) is 0.0867. The maximum Gasteiger partial charge on any atom is 0.266 e. The fourth-order valence-electron chi connectivity index (χ4n) is 12.3. The van der Waals surface area contributed by atoms with Gasteiger partial charge < -0.3 is 0 Å². The number of benzene rings is 7. The first-order valence-corrected chi connectivity index (χ1v) is 24.1. The van der Waals surface area contributed by atoms with Crippen molar-refractivity contribution in [2.45, 2.75) is 142 Å². The van der Waals surface area contributed by atoms with Gasteiger partial charge in [-0.25, -0.2) is 9.80 Å². The van der Waals surface area contributed by atoms with Gasteiger partial charge in [-0.05, 0) is 151 Å². The highest BCUT2D eigenvalue weighted by Gasteiger charge is 2.41. The molecule has 0 spiro atoms. The highest BCUT2D eigenvalue weighted by Crippen LogP contribution is 2.50. The van der Waals surface area contributed by atoms with E-state index in [9.17, 15) is 0 Å². The van der Waals surface area contributed by atoms with Crippen LogP contribution in [0.15, 0.2) is 72.8 Å². The van der Waals surface area contributed by atoms with Crippen LogP contribution in [-0.4, -0.2) is 23.6 Å². The van der Waals surface area contributed by atoms with Gasteiger partial charge in [0.2, 0.25) is 0 Å². The largest absolute Gasteiger partial charge is 0.268 e. The van der Waals surface area contributed by atoms with E-state index in [0.29, 0.717) is 44.9 Å². The van der Waals surface area contributed by atoms with E-state index in [2.05, 4.69) is 79.7 Å². The van der Waals surface area contributed by atoms with Crippen molar-refractivity contribution in [3.05, 3.63) is 128 Å². The topological polar surface area (TPSA) is 74.8 Å². The van der Waals surface area contributed by atoms with E-state index in [1.165, 1.54) is 72.3 Å². The van der Waals surface area contributed by atoms with Gasteiger partial charge >= 0.3 is 0 Å². The Labute approximate surface area is 376 Å². The molecule has 0 N–H and O–H groups in total. The molecule has 2 aliphatic carbocycles. The lowest BCUT2D eigenvalue weighted by Crippen LogP contribution is -2.42. The summed E-state index contributed by atoms with van der Waals surface area (Å²) in [5, 5.41) is 6.62. The number of nitrogens with zero attached hydrogens (tertiary/aromatic N) is 2. The Balaban J connectivity index is 1.08. The van der Waals surface area contributed by atoms with Crippen molar-refractivity contribution in [2.24, 2.45) is 0 Å². The summed E-state index contributed by atoms with van der Waals surface area (Å²) in [6.45, 7) is 17.3. The summed E-state index contributed by atoms with van der Waals surface area (Å²) >= 11 is 0. The van der Waals surface area contributed by atoms with E-state index in [-0.39, 0.29) is 47.3 Å². The lowest BCUT2D eigenvalue weighted by atomic mass is 9.81. The molecule has 2 fully saturated rings. The number of carbonyl (C=O) groups is 4. The molecule has 2 aliphatic heterocycles. The maximum atomic E-state index is 15.1. The molecule has 4 amide bonds. The first-order valence-electron chi connectivity index (χ1n) is 24.1. The SMILES string of the molecule is CC(C)c1cc(C2CCCC2)cc(C(C)C)c1N1C(=O)c2ccc3c4ccc5c6c(ccc(c7ccc(c2c37)C1=O)c64)C(=O)N(c1c(C(C)C)cc(C2CCCC2)cc1C(C)C)C5=O. The number of fused-ring (bicyclic) bond motifs is 2. The van der Waals surface area contributed by atoms with Crippen LogP contribution in [0.25, 0.3) is 43.1 Å². The molecular weight excluding hydrogens is 789 g/mol. The first-order chi connectivity index (χ1) is 30.8. The van der Waals surface area contributed by atoms with Crippen molar-refractivity contribution in [1.82, 2.24) is 0 Å². The second-order valence-corrected chi connectivity index (χ2v) is 20.7. The van der Waals surface area contributed by atoms with Crippen LogP contribution in [0.5, 0.6) is 0 Å². The Morgan fingerprint density at radius 2 is 0.625 bits per heavy atom. The van der Waals surface area contributed by atoms with Gasteiger partial charge in [-0.3, -0.25) is 19.2 Å². The summed E-state index contributed by atoms with van der Waals surface area (Å²) in [4.78, 5) is 63.2. The summed E-state index contributed by atoms with van der Waals surface area (Å²) in [6.07, 6.45) is 9.63. The molecule has 0 aromatic heterocycles. The smallest absolute Gasteiger partial charge is 0.266 e. The first kappa shape index (κ1) is 40.9. The van der Waals surface area contributed by atoms with Gasteiger partial charge in [0.15, 0.2) is 0 Å². The van der Waals surface area contributed by atoms with Crippen LogP contribution in [0.2, 0.25) is 0 Å². The number of hydrogen-bond donors (Lipinski definition) is 0. The van der Waals surface area contributed by atoms with E-state index in [0.717, 1.165) is 65.9 Å². The van der Waals surface area contributed by atoms with Crippen molar-refractivity contribution in [2.75, 3.05) is 9.80 Å². The molecule has 6 nitrogen and oxygen atoms in total. The van der Waals surface area contributed by atoms with Crippen LogP contribution in [0.1, 0.15) is 217 Å². The van der Waals surface area contributed by atoms with Gasteiger partial charge in [-0.2, -0.15) is 0 Å². The van der Waals surface area contributed by atoms with Gasteiger partial charge in [-0.15, -0.1) is 0 Å². The monoisotopic (exact) mass is 846 g/mol. The van der Waals surface area contributed by atoms with E-state index in [4.69, 9.17) is 0 Å². The molecule has 2 saturated carbocycles. The normalized spacial score (nSPS) is 17.4. The standard InChI is InChI=1S/C58H58N2O4/c1-29(2)45-25-35(33-13-9-10-14-33)26-46(30(3)4)53(45)59-55(61)41-21-17-37-39-19-23-43-52-44(24-20-40(50(39)52)38-18-22-42(56(59)62)51(41)49(37)38)58(64)60(57(43)63)54-47(31(5)6)27-36(28-48(54)32(7)8)34-15-11-12-16-34/h17-34H,9-16H2,1-8H3. The summed E-state index contributed by atoms with van der Waals surface area (Å²) in [7, 11) is 0. The average molecular weight is 847 g/mol. The molecule has 0 radical (unpaired) electrons. The zero-order valence-corrected chi connectivity index (χ0v) is 38.6. The van der Waals surface area contributed by atoms with E-state index in [1.807, 2.05) is 48.5 Å². The van der Waals surface area contributed by atoms with Gasteiger partial charge in [0.05, 0.1) is 11.4 Å². The van der Waals surface area contributed by atoms with Crippen LogP contribution < -0.4 is 9.80 Å². The maximum absolute atomic E-state index is 15.1. The number of carbonyl (C=O) groups excluding carboxylic acids is 4. The van der Waals surface area contributed by atoms with E-state index in [1.54, 1.807) is 0 Å². The molecule has 2 heterocycles. The van der Waals surface area contributed by atoms with Crippen LogP contribution >= 0.6 is 0 Å². The predicted molar refractivity (Wildman–Crippen MR) is 262 cm³/mol. The fourth-order valence-corrected chi connectivity index (χ4v) is 12.3. The lowest BCUT2D eigenvalue weighted by molar-refractivity contribution is 0.0877. The molecule has 7 aromatic rings. The predicted octanol–water partition coefficient (Wildman–Crippen LogP) is 15.1. The third-order valence-electron chi connectivity index (χ3n) is 15.6. The van der Waals surface area contributed by atoms with Gasteiger partial charge in [0, 0.05) is 33.0 Å². The van der Waals surface area contributed by atoms with Crippen molar-refractivity contribution in [3.8, 4) is 0 Å². The molecule has 0 unspecified atom stereocenters. The van der Waals surface area contributed by atoms with Gasteiger partial charge in [-0.1, -0.05) is 130 Å². The molecule has 324 valence electrons. The van der Waals surface area contributed by atoms with Crippen molar-refractivity contribution in [3.63, 3.8) is 0 Å². The van der Waals surface area contributed by atoms with E-state index < -0.39 is 0 Å². The van der Waals surface area contributed by atoms with Crippen LogP contribution in [-0.2, 0) is 0 Å². The van der Waals surface area contributed by atoms with Crippen molar-refractivity contribution >= 4 is 78.1 Å². The van der Waals surface area contributed by atoms with Gasteiger partial charge in [0.25, 0.3) is 23.6 Å². The Morgan fingerprint density at radius 1 is 0.375 bits per heavy atom. The minimum atomic E-state index is -0.302. The van der Waals surface area contributed by atoms with Crippen molar-refractivity contribution in [1.29, 1.82) is 0 Å². The number of amides is 4. The fraction of sp³-hybridized carbons (Fsp3) is 0.379. The van der Waals surface area contributed by atoms with Crippen molar-refractivity contribution < 1.29 is 19.2 Å². The molecule has 0 saturated heterocycles. The molecule has 0 atom stereocenters. The zero-order chi connectivity index (χ0) is 44.6. The molecular formula is C58H58N2O4. The number of rotatable bonds is 8. The Bertz CT molecular complexity index is 2780. The zero-order valence-electron chi connectivity index (χ0n) is 38.6. The van der Waals surface area contributed by atoms with Gasteiger partial charge in [0.1, 0.15) is 0 Å². The highest BCUT2D eigenvalue weighted by molar-refractivity contribution is 6.45. The highest BCUT2D eigenvalue weighted by atomic mass is 16.2. The average Bonchev–Trinajstić information content (AvgIpc) is 4.03. The summed E-state index contributed by atoms with van der Waals surface area (Å²) in [5.41, 5.74) is 10.3. The molecule has 6 heteroatoms. The summed E-state index contributed by atoms with van der Waals surface area (Å²) < 4.78 is 0. The Morgan fingerprint density at radius 3 is 0.859 bits per heavy atom. The minimum Gasteiger partial charge on any atom is -0.268 e. The van der Waals surface area contributed by atoms with Crippen LogP contribution in [0, 0.1) is 0 Å². The third-order valence-corrected chi connectivity index (χ3v) is 15.6. The molecule has 11 rings (SSSR count). The Hall–Kier alpha value is -5.88. The van der Waals surface area contributed by atoms with Crippen LogP contribution in [0.3, 0.4) is 0 Å². The minimum absolute atomic E-state index is 0.104. The second-order valence-electron chi connectivity index (χ2n) is 20.7. The van der Waals surface area contributed by atoms with Crippen LogP contribution in [0.4, 0.5) is 11.4 Å². The number of imide groups is 2. The summed E-state index contributed by atoms with van der Waals surface area (Å²) in [6, 6.07) is 24.7. The van der Waals surface area contributed by atoms with E-state index >= 15 is 19.2 Å². The third kappa shape index (κ3) is 5.76. The second kappa shape index (κ2) is 14.8. The molecule has 64 heavy (non-hydrogen) atoms. The number of anilines is 2. The Kier molecular flexibility index (Phi) is 9.47. The lowest BCUT2D eigenvalue weighted by Gasteiger charge is -2.34. The molecule has 7 aromatic carbocycles. The number of hydrogen-bond acceptors (Lipinski definition) is 4. The molecule has 0 bridgehead atoms.